The second kappa shape index (κ2) is 6.28. The number of halogens is 1. The lowest BCUT2D eigenvalue weighted by Crippen LogP contribution is -2.35. The Morgan fingerprint density at radius 1 is 1.60 bits per heavy atom. The van der Waals surface area contributed by atoms with Crippen LogP contribution in [-0.4, -0.2) is 34.9 Å². The van der Waals surface area contributed by atoms with E-state index in [1.54, 1.807) is 6.07 Å². The first-order valence-corrected chi connectivity index (χ1v) is 6.94. The van der Waals surface area contributed by atoms with Gasteiger partial charge in [0.05, 0.1) is 0 Å². The zero-order chi connectivity index (χ0) is 14.7. The third-order valence-corrected chi connectivity index (χ3v) is 3.63. The van der Waals surface area contributed by atoms with Gasteiger partial charge in [0.2, 0.25) is 5.91 Å². The van der Waals surface area contributed by atoms with Crippen LogP contribution in [0.25, 0.3) is 0 Å². The van der Waals surface area contributed by atoms with Crippen LogP contribution in [0.5, 0.6) is 0 Å². The van der Waals surface area contributed by atoms with Crippen LogP contribution in [0.2, 0.25) is 0 Å². The van der Waals surface area contributed by atoms with Crippen LogP contribution in [0.3, 0.4) is 0 Å². The molecule has 0 spiro atoms. The molecule has 1 aliphatic rings. The molecule has 6 heteroatoms. The first-order valence-electron chi connectivity index (χ1n) is 6.53. The molecule has 1 fully saturated rings. The Kier molecular flexibility index (Phi) is 4.67. The van der Waals surface area contributed by atoms with Crippen LogP contribution < -0.4 is 11.1 Å². The Balaban J connectivity index is 2.05. The van der Waals surface area contributed by atoms with Crippen molar-refractivity contribution in [3.05, 3.63) is 35.1 Å². The molecule has 0 aliphatic carbocycles. The number of carbonyl (C=O) groups is 1. The number of likely N-dealkylation sites (tertiary alicyclic amines) is 1. The average Bonchev–Trinajstić information content (AvgIpc) is 2.75. The van der Waals surface area contributed by atoms with E-state index < -0.39 is 0 Å². The van der Waals surface area contributed by atoms with Crippen LogP contribution in [0.1, 0.15) is 24.5 Å². The minimum Gasteiger partial charge on any atom is -0.389 e. The zero-order valence-electron chi connectivity index (χ0n) is 11.4. The molecule has 108 valence electrons. The summed E-state index contributed by atoms with van der Waals surface area (Å²) in [7, 11) is 0. The topological polar surface area (TPSA) is 58.4 Å². The van der Waals surface area contributed by atoms with E-state index >= 15 is 0 Å². The minimum atomic E-state index is -0.294. The number of nitrogens with one attached hydrogen (secondary N) is 1. The van der Waals surface area contributed by atoms with Crippen molar-refractivity contribution < 1.29 is 9.18 Å². The lowest BCUT2D eigenvalue weighted by atomic mass is 10.1. The molecule has 2 rings (SSSR count). The highest BCUT2D eigenvalue weighted by Gasteiger charge is 2.23. The number of nitrogens with two attached hydrogens (primary N) is 1. The Hall–Kier alpha value is -1.53. The molecule has 1 unspecified atom stereocenters. The Morgan fingerprint density at radius 3 is 3.00 bits per heavy atom. The summed E-state index contributed by atoms with van der Waals surface area (Å²) in [6.45, 7) is 3.71. The molecule has 1 saturated heterocycles. The van der Waals surface area contributed by atoms with Gasteiger partial charge < -0.3 is 11.1 Å². The normalized spacial score (nSPS) is 19.0. The third-order valence-electron chi connectivity index (χ3n) is 3.41. The predicted molar refractivity (Wildman–Crippen MR) is 79.8 cm³/mol. The molecule has 0 radical (unpaired) electrons. The Labute approximate surface area is 123 Å². The van der Waals surface area contributed by atoms with E-state index in [2.05, 4.69) is 10.2 Å². The largest absolute Gasteiger partial charge is 0.389 e. The monoisotopic (exact) mass is 295 g/mol. The summed E-state index contributed by atoms with van der Waals surface area (Å²) in [5.41, 5.74) is 7.17. The summed E-state index contributed by atoms with van der Waals surface area (Å²) < 4.78 is 13.4. The molecular formula is C14H18FN3OS. The van der Waals surface area contributed by atoms with Crippen molar-refractivity contribution in [1.29, 1.82) is 0 Å². The van der Waals surface area contributed by atoms with Gasteiger partial charge in [0.25, 0.3) is 0 Å². The number of rotatable bonds is 4. The van der Waals surface area contributed by atoms with Gasteiger partial charge in [-0.3, -0.25) is 9.69 Å². The van der Waals surface area contributed by atoms with E-state index in [0.717, 1.165) is 25.1 Å². The quantitative estimate of drug-likeness (QED) is 0.819. The standard InChI is InChI=1S/C14H18FN3OS/c1-9(19)17-12-4-5-18(8-12)7-10-6-11(15)2-3-13(10)14(16)20/h2-3,6,12H,4-5,7-8H2,1H3,(H2,16,20)(H,17,19). The highest BCUT2D eigenvalue weighted by atomic mass is 32.1. The van der Waals surface area contributed by atoms with Crippen LogP contribution in [0.15, 0.2) is 18.2 Å². The lowest BCUT2D eigenvalue weighted by molar-refractivity contribution is -0.119. The fourth-order valence-corrected chi connectivity index (χ4v) is 2.76. The Morgan fingerprint density at radius 2 is 2.35 bits per heavy atom. The van der Waals surface area contributed by atoms with Gasteiger partial charge in [-0.05, 0) is 30.2 Å². The highest BCUT2D eigenvalue weighted by Crippen LogP contribution is 2.18. The van der Waals surface area contributed by atoms with E-state index in [9.17, 15) is 9.18 Å². The molecule has 4 nitrogen and oxygen atoms in total. The number of carbonyl (C=O) groups excluding carboxylic acids is 1. The van der Waals surface area contributed by atoms with Crippen molar-refractivity contribution in [3.8, 4) is 0 Å². The van der Waals surface area contributed by atoms with E-state index in [1.807, 2.05) is 0 Å². The second-order valence-corrected chi connectivity index (χ2v) is 5.53. The summed E-state index contributed by atoms with van der Waals surface area (Å²) in [6.07, 6.45) is 0.900. The van der Waals surface area contributed by atoms with Crippen LogP contribution >= 0.6 is 12.2 Å². The summed E-state index contributed by atoms with van der Waals surface area (Å²) in [4.78, 5) is 13.5. The van der Waals surface area contributed by atoms with Crippen LogP contribution in [0, 0.1) is 5.82 Å². The molecular weight excluding hydrogens is 277 g/mol. The first-order chi connectivity index (χ1) is 9.45. The molecule has 1 aromatic rings. The molecule has 0 saturated carbocycles. The highest BCUT2D eigenvalue weighted by molar-refractivity contribution is 7.80. The van der Waals surface area contributed by atoms with Crippen molar-refractivity contribution in [2.24, 2.45) is 5.73 Å². The average molecular weight is 295 g/mol. The van der Waals surface area contributed by atoms with Gasteiger partial charge in [-0.15, -0.1) is 0 Å². The third kappa shape index (κ3) is 3.74. The first kappa shape index (κ1) is 14.9. The smallest absolute Gasteiger partial charge is 0.217 e. The second-order valence-electron chi connectivity index (χ2n) is 5.09. The van der Waals surface area contributed by atoms with Gasteiger partial charge in [0, 0.05) is 38.2 Å². The van der Waals surface area contributed by atoms with Crippen LogP contribution in [0.4, 0.5) is 4.39 Å². The summed E-state index contributed by atoms with van der Waals surface area (Å²) in [5, 5.41) is 2.90. The molecule has 1 heterocycles. The summed E-state index contributed by atoms with van der Waals surface area (Å²) in [5.74, 6) is -0.316. The van der Waals surface area contributed by atoms with Crippen molar-refractivity contribution >= 4 is 23.1 Å². The van der Waals surface area contributed by atoms with Gasteiger partial charge in [-0.2, -0.15) is 0 Å². The molecule has 1 amide bonds. The molecule has 1 atom stereocenters. The predicted octanol–water partition coefficient (Wildman–Crippen LogP) is 1.17. The van der Waals surface area contributed by atoms with Crippen molar-refractivity contribution in [1.82, 2.24) is 10.2 Å². The number of benzene rings is 1. The van der Waals surface area contributed by atoms with Crippen molar-refractivity contribution in [2.75, 3.05) is 13.1 Å². The van der Waals surface area contributed by atoms with Gasteiger partial charge >= 0.3 is 0 Å². The van der Waals surface area contributed by atoms with Crippen molar-refractivity contribution in [2.45, 2.75) is 25.9 Å². The van der Waals surface area contributed by atoms with Gasteiger partial charge in [-0.1, -0.05) is 12.2 Å². The zero-order valence-corrected chi connectivity index (χ0v) is 12.2. The SMILES string of the molecule is CC(=O)NC1CCN(Cc2cc(F)ccc2C(N)=S)C1. The number of hydrogen-bond acceptors (Lipinski definition) is 3. The van der Waals surface area contributed by atoms with E-state index in [4.69, 9.17) is 18.0 Å². The van der Waals surface area contributed by atoms with Crippen molar-refractivity contribution in [3.63, 3.8) is 0 Å². The summed E-state index contributed by atoms with van der Waals surface area (Å²) in [6, 6.07) is 4.62. The van der Waals surface area contributed by atoms with Gasteiger partial charge in [0.1, 0.15) is 10.8 Å². The fraction of sp³-hybridized carbons (Fsp3) is 0.429. The maximum atomic E-state index is 13.4. The minimum absolute atomic E-state index is 0.0218. The lowest BCUT2D eigenvalue weighted by Gasteiger charge is -2.18. The van der Waals surface area contributed by atoms with Gasteiger partial charge in [-0.25, -0.2) is 4.39 Å². The molecule has 0 aromatic heterocycles. The molecule has 20 heavy (non-hydrogen) atoms. The number of thiocarbonyl (C=S) groups is 1. The van der Waals surface area contributed by atoms with E-state index in [-0.39, 0.29) is 22.8 Å². The molecule has 3 N–H and O–H groups in total. The number of hydrogen-bond donors (Lipinski definition) is 2. The maximum Gasteiger partial charge on any atom is 0.217 e. The number of amides is 1. The summed E-state index contributed by atoms with van der Waals surface area (Å²) >= 11 is 4.99. The number of nitrogens with zero attached hydrogens (tertiary/aromatic N) is 1. The molecule has 1 aromatic carbocycles. The molecule has 1 aliphatic heterocycles. The van der Waals surface area contributed by atoms with E-state index in [0.29, 0.717) is 12.1 Å². The maximum absolute atomic E-state index is 13.4. The molecule has 0 bridgehead atoms. The van der Waals surface area contributed by atoms with Crippen LogP contribution in [-0.2, 0) is 11.3 Å². The van der Waals surface area contributed by atoms with E-state index in [1.165, 1.54) is 19.1 Å². The Bertz CT molecular complexity index is 535. The fourth-order valence-electron chi connectivity index (χ4n) is 2.56. The van der Waals surface area contributed by atoms with Gasteiger partial charge in [0.15, 0.2) is 0 Å².